The van der Waals surface area contributed by atoms with Gasteiger partial charge in [0.2, 0.25) is 0 Å². The van der Waals surface area contributed by atoms with Crippen molar-refractivity contribution in [2.75, 3.05) is 30.6 Å². The molecule has 0 radical (unpaired) electrons. The molecule has 0 aromatic heterocycles. The molecule has 0 amide bonds. The lowest BCUT2D eigenvalue weighted by Crippen LogP contribution is -2.41. The minimum atomic E-state index is 0.341. The Bertz CT molecular complexity index is 436. The fourth-order valence-corrected chi connectivity index (χ4v) is 2.67. The molecule has 1 aliphatic heterocycles. The summed E-state index contributed by atoms with van der Waals surface area (Å²) in [6, 6.07) is 8.27. The average Bonchev–Trinajstić information content (AvgIpc) is 2.77. The molecule has 5 heteroatoms. The van der Waals surface area contributed by atoms with E-state index in [1.165, 1.54) is 0 Å². The fraction of sp³-hybridized carbons (Fsp3) is 0.462. The second-order valence-electron chi connectivity index (χ2n) is 4.18. The van der Waals surface area contributed by atoms with Crippen molar-refractivity contribution >= 4 is 23.4 Å². The van der Waals surface area contributed by atoms with Crippen molar-refractivity contribution in [2.45, 2.75) is 12.5 Å². The van der Waals surface area contributed by atoms with Crippen LogP contribution in [0.25, 0.3) is 0 Å². The molecule has 1 heterocycles. The van der Waals surface area contributed by atoms with Crippen molar-refractivity contribution < 1.29 is 4.74 Å². The molecule has 1 aliphatic rings. The molecular weight excluding hydrogens is 246 g/mol. The van der Waals surface area contributed by atoms with E-state index < -0.39 is 0 Å². The molecule has 1 aromatic rings. The zero-order valence-corrected chi connectivity index (χ0v) is 11.6. The second-order valence-corrected chi connectivity index (χ2v) is 5.16. The molecule has 1 atom stereocenters. The molecule has 2 rings (SSSR count). The minimum absolute atomic E-state index is 0.341. The monoisotopic (exact) mass is 265 g/mol. The molecule has 0 aliphatic carbocycles. The molecular formula is C13H19N3OS. The summed E-state index contributed by atoms with van der Waals surface area (Å²) in [7, 11) is 1.68. The second kappa shape index (κ2) is 6.00. The number of rotatable bonds is 5. The number of nitrogens with zero attached hydrogens (tertiary/aromatic N) is 2. The fourth-order valence-electron chi connectivity index (χ4n) is 2.17. The van der Waals surface area contributed by atoms with Crippen LogP contribution >= 0.6 is 11.8 Å². The van der Waals surface area contributed by atoms with Gasteiger partial charge in [0.1, 0.15) is 5.75 Å². The molecule has 1 aromatic carbocycles. The van der Waals surface area contributed by atoms with E-state index >= 15 is 0 Å². The predicted molar refractivity (Wildman–Crippen MR) is 78.7 cm³/mol. The summed E-state index contributed by atoms with van der Waals surface area (Å²) in [6.45, 7) is 0.768. The van der Waals surface area contributed by atoms with Crippen molar-refractivity contribution in [3.8, 4) is 5.75 Å². The number of methoxy groups -OCH3 is 1. The van der Waals surface area contributed by atoms with Gasteiger partial charge in [0, 0.05) is 0 Å². The number of hydrogen-bond acceptors (Lipinski definition) is 5. The first-order valence-corrected chi connectivity index (χ1v) is 7.38. The first kappa shape index (κ1) is 13.1. The maximum atomic E-state index is 6.01. The lowest BCUT2D eigenvalue weighted by atomic mass is 10.1. The van der Waals surface area contributed by atoms with Gasteiger partial charge in [-0.2, -0.15) is 11.8 Å². The van der Waals surface area contributed by atoms with Crippen LogP contribution in [0.15, 0.2) is 29.3 Å². The van der Waals surface area contributed by atoms with Crippen LogP contribution in [0, 0.1) is 0 Å². The highest BCUT2D eigenvalue weighted by Crippen LogP contribution is 2.31. The van der Waals surface area contributed by atoms with E-state index in [9.17, 15) is 0 Å². The van der Waals surface area contributed by atoms with Gasteiger partial charge in [-0.3, -0.25) is 4.99 Å². The SMILES string of the molecule is COc1ccccc1N1C(N)=NCC1CCSC. The number of thioether (sulfide) groups is 1. The highest BCUT2D eigenvalue weighted by molar-refractivity contribution is 7.98. The van der Waals surface area contributed by atoms with E-state index in [1.807, 2.05) is 36.0 Å². The number of para-hydroxylation sites is 2. The number of ether oxygens (including phenoxy) is 1. The van der Waals surface area contributed by atoms with E-state index in [0.29, 0.717) is 12.0 Å². The summed E-state index contributed by atoms with van der Waals surface area (Å²) in [4.78, 5) is 6.45. The van der Waals surface area contributed by atoms with Crippen LogP contribution in [0.2, 0.25) is 0 Å². The van der Waals surface area contributed by atoms with Gasteiger partial charge in [-0.15, -0.1) is 0 Å². The Morgan fingerprint density at radius 1 is 1.50 bits per heavy atom. The van der Waals surface area contributed by atoms with Crippen LogP contribution in [0.4, 0.5) is 5.69 Å². The van der Waals surface area contributed by atoms with E-state index in [-0.39, 0.29) is 0 Å². The van der Waals surface area contributed by atoms with Crippen LogP contribution in [-0.2, 0) is 0 Å². The van der Waals surface area contributed by atoms with Crippen LogP contribution in [0.1, 0.15) is 6.42 Å². The topological polar surface area (TPSA) is 50.9 Å². The highest BCUT2D eigenvalue weighted by Gasteiger charge is 2.28. The summed E-state index contributed by atoms with van der Waals surface area (Å²) >= 11 is 1.85. The molecule has 0 saturated heterocycles. The summed E-state index contributed by atoms with van der Waals surface area (Å²) in [6.07, 6.45) is 3.19. The van der Waals surface area contributed by atoms with E-state index in [1.54, 1.807) is 7.11 Å². The van der Waals surface area contributed by atoms with Gasteiger partial charge in [0.15, 0.2) is 5.96 Å². The van der Waals surface area contributed by atoms with Crippen molar-refractivity contribution in [3.63, 3.8) is 0 Å². The summed E-state index contributed by atoms with van der Waals surface area (Å²) in [5, 5.41) is 0. The molecule has 2 N–H and O–H groups in total. The number of aliphatic imine (C=N–C) groups is 1. The van der Waals surface area contributed by atoms with Crippen LogP contribution in [-0.4, -0.2) is 37.7 Å². The summed E-state index contributed by atoms with van der Waals surface area (Å²) in [5.74, 6) is 2.54. The Balaban J connectivity index is 2.25. The lowest BCUT2D eigenvalue weighted by Gasteiger charge is -2.27. The lowest BCUT2D eigenvalue weighted by molar-refractivity contribution is 0.414. The number of hydrogen-bond donors (Lipinski definition) is 1. The van der Waals surface area contributed by atoms with Gasteiger partial charge < -0.3 is 15.4 Å². The maximum Gasteiger partial charge on any atom is 0.196 e. The summed E-state index contributed by atoms with van der Waals surface area (Å²) < 4.78 is 5.40. The van der Waals surface area contributed by atoms with Crippen molar-refractivity contribution in [2.24, 2.45) is 10.7 Å². The molecule has 1 unspecified atom stereocenters. The van der Waals surface area contributed by atoms with E-state index in [2.05, 4.69) is 16.1 Å². The van der Waals surface area contributed by atoms with Crippen molar-refractivity contribution in [3.05, 3.63) is 24.3 Å². The molecule has 0 bridgehead atoms. The van der Waals surface area contributed by atoms with Crippen LogP contribution < -0.4 is 15.4 Å². The third-order valence-corrected chi connectivity index (χ3v) is 3.72. The molecule has 0 fully saturated rings. The van der Waals surface area contributed by atoms with E-state index in [4.69, 9.17) is 10.5 Å². The zero-order chi connectivity index (χ0) is 13.0. The quantitative estimate of drug-likeness (QED) is 0.884. The maximum absolute atomic E-state index is 6.01. The first-order valence-electron chi connectivity index (χ1n) is 5.99. The average molecular weight is 265 g/mol. The number of guanidine groups is 1. The third kappa shape index (κ3) is 2.56. The van der Waals surface area contributed by atoms with E-state index in [0.717, 1.165) is 30.2 Å². The van der Waals surface area contributed by atoms with Crippen molar-refractivity contribution in [1.29, 1.82) is 0 Å². The Hall–Kier alpha value is -1.36. The van der Waals surface area contributed by atoms with Crippen LogP contribution in [0.5, 0.6) is 5.75 Å². The highest BCUT2D eigenvalue weighted by atomic mass is 32.2. The first-order chi connectivity index (χ1) is 8.77. The van der Waals surface area contributed by atoms with Gasteiger partial charge in [-0.05, 0) is 30.6 Å². The number of benzene rings is 1. The van der Waals surface area contributed by atoms with Crippen molar-refractivity contribution in [1.82, 2.24) is 0 Å². The standard InChI is InChI=1S/C13H19N3OS/c1-17-12-6-4-3-5-11(12)16-10(7-8-18-2)9-15-13(16)14/h3-6,10H,7-9H2,1-2H3,(H2,14,15). The Morgan fingerprint density at radius 3 is 3.00 bits per heavy atom. The zero-order valence-electron chi connectivity index (χ0n) is 10.8. The summed E-state index contributed by atoms with van der Waals surface area (Å²) in [5.41, 5.74) is 7.01. The number of nitrogens with two attached hydrogens (primary N) is 1. The Labute approximate surface area is 112 Å². The van der Waals surface area contributed by atoms with Gasteiger partial charge in [0.25, 0.3) is 0 Å². The van der Waals surface area contributed by atoms with Gasteiger partial charge >= 0.3 is 0 Å². The van der Waals surface area contributed by atoms with Crippen LogP contribution in [0.3, 0.4) is 0 Å². The molecule has 0 saturated carbocycles. The van der Waals surface area contributed by atoms with Gasteiger partial charge in [0.05, 0.1) is 25.4 Å². The molecule has 98 valence electrons. The minimum Gasteiger partial charge on any atom is -0.495 e. The van der Waals surface area contributed by atoms with Gasteiger partial charge in [-0.1, -0.05) is 12.1 Å². The molecule has 4 nitrogen and oxygen atoms in total. The Morgan fingerprint density at radius 2 is 2.28 bits per heavy atom. The number of anilines is 1. The van der Waals surface area contributed by atoms with Gasteiger partial charge in [-0.25, -0.2) is 0 Å². The molecule has 0 spiro atoms. The largest absolute Gasteiger partial charge is 0.495 e. The molecule has 18 heavy (non-hydrogen) atoms. The Kier molecular flexibility index (Phi) is 4.36. The predicted octanol–water partition coefficient (Wildman–Crippen LogP) is 1.95. The normalized spacial score (nSPS) is 18.9. The third-order valence-electron chi connectivity index (χ3n) is 3.08. The smallest absolute Gasteiger partial charge is 0.196 e.